The first kappa shape index (κ1) is 11.7. The maximum atomic E-state index is 6.23. The molecule has 2 heterocycles. The highest BCUT2D eigenvalue weighted by atomic mass is 16.5. The minimum atomic E-state index is -0.281. The van der Waals surface area contributed by atoms with Crippen LogP contribution >= 0.6 is 0 Å². The summed E-state index contributed by atoms with van der Waals surface area (Å²) < 4.78 is 10.7. The van der Waals surface area contributed by atoms with Crippen molar-refractivity contribution in [3.63, 3.8) is 0 Å². The first-order chi connectivity index (χ1) is 8.13. The normalized spacial score (nSPS) is 12.5. The van der Waals surface area contributed by atoms with Crippen molar-refractivity contribution >= 4 is 0 Å². The zero-order valence-corrected chi connectivity index (χ0v) is 10.2. The second-order valence-electron chi connectivity index (χ2n) is 3.95. The van der Waals surface area contributed by atoms with E-state index in [-0.39, 0.29) is 6.04 Å². The van der Waals surface area contributed by atoms with Gasteiger partial charge in [-0.2, -0.15) is 0 Å². The van der Waals surface area contributed by atoms with Gasteiger partial charge in [0.1, 0.15) is 11.5 Å². The van der Waals surface area contributed by atoms with Crippen molar-refractivity contribution in [2.24, 2.45) is 5.73 Å². The van der Waals surface area contributed by atoms with E-state index in [9.17, 15) is 0 Å². The molecule has 4 heteroatoms. The first-order valence-corrected chi connectivity index (χ1v) is 5.45. The number of nitrogens with zero attached hydrogens (tertiary/aromatic N) is 1. The van der Waals surface area contributed by atoms with Crippen molar-refractivity contribution in [1.82, 2.24) is 4.98 Å². The molecule has 0 bridgehead atoms. The summed E-state index contributed by atoms with van der Waals surface area (Å²) in [6.45, 7) is 3.81. The van der Waals surface area contributed by atoms with E-state index in [1.54, 1.807) is 13.3 Å². The van der Waals surface area contributed by atoms with Crippen LogP contribution in [0.4, 0.5) is 0 Å². The van der Waals surface area contributed by atoms with Gasteiger partial charge < -0.3 is 14.9 Å². The summed E-state index contributed by atoms with van der Waals surface area (Å²) in [5, 5.41) is 0. The molecule has 2 aromatic rings. The number of methoxy groups -OCH3 is 1. The maximum absolute atomic E-state index is 6.23. The van der Waals surface area contributed by atoms with Crippen LogP contribution in [0.1, 0.15) is 28.7 Å². The minimum Gasteiger partial charge on any atom is -0.481 e. The van der Waals surface area contributed by atoms with Crippen LogP contribution < -0.4 is 10.5 Å². The molecule has 0 fully saturated rings. The van der Waals surface area contributed by atoms with E-state index in [1.807, 2.05) is 32.0 Å². The van der Waals surface area contributed by atoms with Gasteiger partial charge in [0.05, 0.1) is 13.2 Å². The number of hydrogen-bond acceptors (Lipinski definition) is 4. The Kier molecular flexibility index (Phi) is 3.15. The first-order valence-electron chi connectivity index (χ1n) is 5.45. The average Bonchev–Trinajstić information content (AvgIpc) is 2.67. The molecule has 1 unspecified atom stereocenters. The summed E-state index contributed by atoms with van der Waals surface area (Å²) in [5.74, 6) is 2.25. The molecule has 0 aliphatic carbocycles. The van der Waals surface area contributed by atoms with Crippen LogP contribution in [0, 0.1) is 13.8 Å². The topological polar surface area (TPSA) is 61.3 Å². The Balaban J connectivity index is 2.43. The number of rotatable bonds is 3. The number of nitrogens with two attached hydrogens (primary N) is 1. The predicted octanol–water partition coefficient (Wildman–Crippen LogP) is 2.35. The van der Waals surface area contributed by atoms with Crippen molar-refractivity contribution in [2.45, 2.75) is 19.9 Å². The highest BCUT2D eigenvalue weighted by Gasteiger charge is 2.18. The summed E-state index contributed by atoms with van der Waals surface area (Å²) in [6.07, 6.45) is 1.68. The summed E-state index contributed by atoms with van der Waals surface area (Å²) in [6, 6.07) is 5.43. The molecule has 0 aliphatic heterocycles. The van der Waals surface area contributed by atoms with Crippen LogP contribution in [0.5, 0.6) is 5.88 Å². The molecule has 0 saturated carbocycles. The SMILES string of the molecule is COc1ncccc1C(N)c1cc(C)oc1C. The van der Waals surface area contributed by atoms with Crippen LogP contribution in [0.3, 0.4) is 0 Å². The number of aromatic nitrogens is 1. The van der Waals surface area contributed by atoms with E-state index >= 15 is 0 Å². The Morgan fingerprint density at radius 1 is 1.35 bits per heavy atom. The van der Waals surface area contributed by atoms with Crippen LogP contribution in [0.2, 0.25) is 0 Å². The quantitative estimate of drug-likeness (QED) is 0.882. The predicted molar refractivity (Wildman–Crippen MR) is 65.0 cm³/mol. The van der Waals surface area contributed by atoms with E-state index in [0.717, 1.165) is 22.6 Å². The van der Waals surface area contributed by atoms with Gasteiger partial charge in [-0.15, -0.1) is 0 Å². The summed E-state index contributed by atoms with van der Waals surface area (Å²) in [7, 11) is 1.59. The van der Waals surface area contributed by atoms with Gasteiger partial charge in [0.2, 0.25) is 5.88 Å². The molecule has 17 heavy (non-hydrogen) atoms. The van der Waals surface area contributed by atoms with Crippen molar-refractivity contribution in [3.8, 4) is 5.88 Å². The largest absolute Gasteiger partial charge is 0.481 e. The molecule has 2 aromatic heterocycles. The van der Waals surface area contributed by atoms with Crippen molar-refractivity contribution in [2.75, 3.05) is 7.11 Å². The second kappa shape index (κ2) is 4.59. The van der Waals surface area contributed by atoms with Crippen molar-refractivity contribution in [3.05, 3.63) is 47.0 Å². The Bertz CT molecular complexity index is 520. The highest BCUT2D eigenvalue weighted by molar-refractivity contribution is 5.38. The molecule has 0 radical (unpaired) electrons. The Hall–Kier alpha value is -1.81. The Morgan fingerprint density at radius 2 is 2.12 bits per heavy atom. The van der Waals surface area contributed by atoms with Gasteiger partial charge in [-0.1, -0.05) is 6.07 Å². The number of aryl methyl sites for hydroxylation is 2. The van der Waals surface area contributed by atoms with E-state index in [4.69, 9.17) is 14.9 Å². The van der Waals surface area contributed by atoms with Crippen LogP contribution in [0.25, 0.3) is 0 Å². The third-order valence-corrected chi connectivity index (χ3v) is 2.74. The van der Waals surface area contributed by atoms with Gasteiger partial charge in [0.25, 0.3) is 0 Å². The number of pyridine rings is 1. The van der Waals surface area contributed by atoms with Crippen molar-refractivity contribution in [1.29, 1.82) is 0 Å². The van der Waals surface area contributed by atoms with E-state index in [2.05, 4.69) is 4.98 Å². The van der Waals surface area contributed by atoms with Gasteiger partial charge in [-0.25, -0.2) is 4.98 Å². The molecule has 0 saturated heterocycles. The summed E-state index contributed by atoms with van der Waals surface area (Å²) in [4.78, 5) is 4.15. The third kappa shape index (κ3) is 2.17. The number of furan rings is 1. The van der Waals surface area contributed by atoms with E-state index in [0.29, 0.717) is 5.88 Å². The monoisotopic (exact) mass is 232 g/mol. The molecule has 0 aliphatic rings. The molecule has 4 nitrogen and oxygen atoms in total. The lowest BCUT2D eigenvalue weighted by Gasteiger charge is -2.13. The van der Waals surface area contributed by atoms with E-state index in [1.165, 1.54) is 0 Å². The van der Waals surface area contributed by atoms with E-state index < -0.39 is 0 Å². The van der Waals surface area contributed by atoms with Gasteiger partial charge >= 0.3 is 0 Å². The molecular formula is C13H16N2O2. The zero-order valence-electron chi connectivity index (χ0n) is 10.2. The standard InChI is InChI=1S/C13H16N2O2/c1-8-7-11(9(2)17-8)12(14)10-5-4-6-15-13(10)16-3/h4-7,12H,14H2,1-3H3. The average molecular weight is 232 g/mol. The maximum Gasteiger partial charge on any atom is 0.218 e. The molecule has 2 N–H and O–H groups in total. The lowest BCUT2D eigenvalue weighted by Crippen LogP contribution is -2.13. The highest BCUT2D eigenvalue weighted by Crippen LogP contribution is 2.29. The third-order valence-electron chi connectivity index (χ3n) is 2.74. The minimum absolute atomic E-state index is 0.281. The number of ether oxygens (including phenoxy) is 1. The fourth-order valence-electron chi connectivity index (χ4n) is 1.94. The lowest BCUT2D eigenvalue weighted by atomic mass is 10.0. The molecule has 2 rings (SSSR count). The molecule has 90 valence electrons. The molecule has 1 atom stereocenters. The fraction of sp³-hybridized carbons (Fsp3) is 0.308. The van der Waals surface area contributed by atoms with Crippen LogP contribution in [-0.4, -0.2) is 12.1 Å². The van der Waals surface area contributed by atoms with Crippen molar-refractivity contribution < 1.29 is 9.15 Å². The molecule has 0 amide bonds. The Labute approximate surface area is 100 Å². The van der Waals surface area contributed by atoms with Gasteiger partial charge in [-0.05, 0) is 26.0 Å². The smallest absolute Gasteiger partial charge is 0.218 e. The fourth-order valence-corrected chi connectivity index (χ4v) is 1.94. The summed E-state index contributed by atoms with van der Waals surface area (Å²) in [5.41, 5.74) is 8.05. The van der Waals surface area contributed by atoms with Gasteiger partial charge in [-0.3, -0.25) is 0 Å². The molecule has 0 aromatic carbocycles. The van der Waals surface area contributed by atoms with Gasteiger partial charge in [0.15, 0.2) is 0 Å². The van der Waals surface area contributed by atoms with Crippen LogP contribution in [-0.2, 0) is 0 Å². The lowest BCUT2D eigenvalue weighted by molar-refractivity contribution is 0.390. The van der Waals surface area contributed by atoms with Crippen LogP contribution in [0.15, 0.2) is 28.8 Å². The summed E-state index contributed by atoms with van der Waals surface area (Å²) >= 11 is 0. The second-order valence-corrected chi connectivity index (χ2v) is 3.95. The molecular weight excluding hydrogens is 216 g/mol. The number of hydrogen-bond donors (Lipinski definition) is 1. The zero-order chi connectivity index (χ0) is 12.4. The van der Waals surface area contributed by atoms with Gasteiger partial charge in [0, 0.05) is 17.3 Å². The molecule has 0 spiro atoms. The Morgan fingerprint density at radius 3 is 2.71 bits per heavy atom.